The largest absolute Gasteiger partial charge is 0.479 e. The summed E-state index contributed by atoms with van der Waals surface area (Å²) in [5, 5.41) is 15.0. The fourth-order valence-corrected chi connectivity index (χ4v) is 13.0. The molecule has 20 heteroatoms. The zero-order valence-corrected chi connectivity index (χ0v) is 62.9. The van der Waals surface area contributed by atoms with Gasteiger partial charge in [-0.15, -0.1) is 0 Å². The highest BCUT2D eigenvalue weighted by molar-refractivity contribution is 6.31. The summed E-state index contributed by atoms with van der Waals surface area (Å²) in [6.45, 7) is 36.4. The molecule has 3 aromatic carbocycles. The lowest BCUT2D eigenvalue weighted by Crippen LogP contribution is -2.29. The number of aromatic amines is 1. The van der Waals surface area contributed by atoms with E-state index >= 15 is 0 Å². The zero-order valence-electron chi connectivity index (χ0n) is 60.7. The third kappa shape index (κ3) is 16.6. The van der Waals surface area contributed by atoms with Crippen LogP contribution in [0.5, 0.6) is 0 Å². The van der Waals surface area contributed by atoms with Crippen LogP contribution in [-0.4, -0.2) is 93.1 Å². The second-order valence-electron chi connectivity index (χ2n) is 28.0. The fraction of sp³-hybridized carbons (Fsp3) is 0.350. The summed E-state index contributed by atoms with van der Waals surface area (Å²) in [6.07, 6.45) is 4.12. The first kappa shape index (κ1) is 75.4. The molecule has 0 aliphatic rings. The van der Waals surface area contributed by atoms with Crippen molar-refractivity contribution in [2.24, 2.45) is 0 Å². The number of esters is 2. The predicted octanol–water partition coefficient (Wildman–Crippen LogP) is 19.3. The molecule has 0 bridgehead atoms. The SMILES string of the molecule is COC(=O)C(OC(C)(C)C)c1c(C)nc2[nH]c(C)c(C)c2c1-c1ccc(Cl)cc1.COC(=O)C(OC(C)(C)C)c1c(C)nc2c(c(C)c(C)n2Cc2ccncc2)c1-c1ccc(Cl)cc1.Cc1nc2c(c(C)c(C)n2Cc2ccncc2)c(-c2ccc(Cl)cc2)c1C(OC(C)(C)C)C(=O)O. The van der Waals surface area contributed by atoms with Gasteiger partial charge in [-0.1, -0.05) is 71.2 Å². The number of carboxylic acid groups (broad SMARTS) is 1. The number of hydrogen-bond acceptors (Lipinski definition) is 13. The zero-order chi connectivity index (χ0) is 73.2. The topological polar surface area (TPSA) is 208 Å². The van der Waals surface area contributed by atoms with Gasteiger partial charge >= 0.3 is 17.9 Å². The first-order valence-corrected chi connectivity index (χ1v) is 34.1. The van der Waals surface area contributed by atoms with Crippen LogP contribution < -0.4 is 0 Å². The second-order valence-corrected chi connectivity index (χ2v) is 29.3. The number of pyridine rings is 5. The molecule has 8 aromatic heterocycles. The minimum absolute atomic E-state index is 0.454. The Kier molecular flexibility index (Phi) is 23.0. The van der Waals surface area contributed by atoms with Crippen molar-refractivity contribution in [1.82, 2.24) is 39.0 Å². The lowest BCUT2D eigenvalue weighted by molar-refractivity contribution is -0.164. The summed E-state index contributed by atoms with van der Waals surface area (Å²) >= 11 is 18.6. The number of rotatable bonds is 16. The second kappa shape index (κ2) is 30.6. The number of halogens is 3. The summed E-state index contributed by atoms with van der Waals surface area (Å²) in [6, 6.07) is 30.7. The highest BCUT2D eigenvalue weighted by Gasteiger charge is 2.38. The van der Waals surface area contributed by atoms with Gasteiger partial charge in [-0.05, 0) is 230 Å². The molecule has 11 aromatic rings. The number of carbonyl (C=O) groups is 3. The van der Waals surface area contributed by atoms with Crippen LogP contribution in [0, 0.1) is 62.3 Å². The normalized spacial score (nSPS) is 12.8. The molecule has 0 saturated carbocycles. The smallest absolute Gasteiger partial charge is 0.339 e. The maximum atomic E-state index is 13.1. The molecule has 0 aliphatic carbocycles. The molecule has 0 amide bonds. The van der Waals surface area contributed by atoms with Crippen molar-refractivity contribution in [2.45, 2.75) is 173 Å². The van der Waals surface area contributed by atoms with Crippen LogP contribution in [0.4, 0.5) is 0 Å². The van der Waals surface area contributed by atoms with Crippen molar-refractivity contribution in [1.29, 1.82) is 0 Å². The number of benzene rings is 3. The van der Waals surface area contributed by atoms with Crippen molar-refractivity contribution in [3.63, 3.8) is 0 Å². The van der Waals surface area contributed by atoms with Crippen LogP contribution in [0.15, 0.2) is 122 Å². The van der Waals surface area contributed by atoms with Gasteiger partial charge in [0.15, 0.2) is 18.3 Å². The highest BCUT2D eigenvalue weighted by atomic mass is 35.5. The average Bonchev–Trinajstić information content (AvgIpc) is 1.53. The summed E-state index contributed by atoms with van der Waals surface area (Å²) in [5.74, 6) is -1.97. The van der Waals surface area contributed by atoms with Gasteiger partial charge in [-0.3, -0.25) is 9.97 Å². The minimum Gasteiger partial charge on any atom is -0.479 e. The standard InChI is InChI=1S/C29H32ClN3O3.C28H30ClN3O3.C23H27ClN2O3/c1-17-19(3)33(16-20-12-14-31-15-13-20)27-23(17)25(21-8-10-22(30)11-9-21)24(18(2)32-27)26(28(34)35-7)36-29(4,5)6;1-16-18(3)32(15-19-11-13-30-14-12-19)26-22(16)24(20-7-9-21(29)10-8-20)23(17(2)31-26)25(27(33)34)35-28(4,5)6;1-12-13(2)25-21-17(12)19(15-8-10-16(24)11-9-15)18(14(3)26-21)20(22(27)28-7)29-23(4,5)6/h8-15,26H,16H2,1-7H3;7-14,25H,15H2,1-6H3,(H,33,34);8-11,20H,1-7H3,(H,25,26). The Hall–Kier alpha value is -8.81. The molecule has 3 atom stereocenters. The number of aryl methyl sites for hydroxylation is 7. The molecule has 0 radical (unpaired) electrons. The molecule has 100 heavy (non-hydrogen) atoms. The number of methoxy groups -OCH3 is 2. The number of carboxylic acids is 1. The van der Waals surface area contributed by atoms with Crippen LogP contribution >= 0.6 is 34.8 Å². The van der Waals surface area contributed by atoms with E-state index in [1.807, 2.05) is 194 Å². The Bertz CT molecular complexity index is 4820. The molecule has 8 heterocycles. The Labute approximate surface area is 600 Å². The molecule has 2 N–H and O–H groups in total. The molecular formula is C80H89Cl3N8O9. The van der Waals surface area contributed by atoms with Gasteiger partial charge in [0.25, 0.3) is 0 Å². The first-order chi connectivity index (χ1) is 47.0. The van der Waals surface area contributed by atoms with Crippen LogP contribution in [0.3, 0.4) is 0 Å². The van der Waals surface area contributed by atoms with Gasteiger partial charge in [0.1, 0.15) is 16.9 Å². The van der Waals surface area contributed by atoms with E-state index in [1.54, 1.807) is 24.8 Å². The van der Waals surface area contributed by atoms with Gasteiger partial charge in [0.2, 0.25) is 0 Å². The number of aliphatic carboxylic acids is 1. The third-order valence-corrected chi connectivity index (χ3v) is 18.2. The Morgan fingerprint density at radius 3 is 1.08 bits per heavy atom. The van der Waals surface area contributed by atoms with Crippen molar-refractivity contribution in [3.8, 4) is 33.4 Å². The van der Waals surface area contributed by atoms with Gasteiger partial charge in [-0.25, -0.2) is 29.3 Å². The summed E-state index contributed by atoms with van der Waals surface area (Å²) < 4.78 is 33.3. The number of nitrogens with one attached hydrogen (secondary N) is 1. The van der Waals surface area contributed by atoms with Crippen molar-refractivity contribution >= 4 is 85.8 Å². The number of hydrogen-bond donors (Lipinski definition) is 2. The Morgan fingerprint density at radius 2 is 0.760 bits per heavy atom. The van der Waals surface area contributed by atoms with E-state index in [-0.39, 0.29) is 0 Å². The average molecular weight is 1410 g/mol. The van der Waals surface area contributed by atoms with Crippen LogP contribution in [0.25, 0.3) is 66.5 Å². The molecule has 0 spiro atoms. The van der Waals surface area contributed by atoms with Gasteiger partial charge < -0.3 is 42.9 Å². The summed E-state index contributed by atoms with van der Waals surface area (Å²) in [5.41, 5.74) is 18.7. The molecule has 17 nitrogen and oxygen atoms in total. The molecule has 0 aliphatic heterocycles. The Morgan fingerprint density at radius 1 is 0.450 bits per heavy atom. The lowest BCUT2D eigenvalue weighted by Gasteiger charge is -2.29. The van der Waals surface area contributed by atoms with E-state index in [4.69, 9.17) is 73.4 Å². The number of H-pyrrole nitrogens is 1. The van der Waals surface area contributed by atoms with E-state index in [1.165, 1.54) is 14.2 Å². The molecular weight excluding hydrogens is 1320 g/mol. The summed E-state index contributed by atoms with van der Waals surface area (Å²) in [7, 11) is 2.75. The number of carbonyl (C=O) groups excluding carboxylic acids is 2. The maximum Gasteiger partial charge on any atom is 0.339 e. The lowest BCUT2D eigenvalue weighted by atomic mass is 9.91. The van der Waals surface area contributed by atoms with Gasteiger partial charge in [0, 0.05) is 137 Å². The number of aromatic nitrogens is 8. The number of nitrogens with zero attached hydrogens (tertiary/aromatic N) is 7. The first-order valence-electron chi connectivity index (χ1n) is 33.0. The number of fused-ring (bicyclic) bond motifs is 3. The van der Waals surface area contributed by atoms with Crippen molar-refractivity contribution < 1.29 is 43.2 Å². The molecule has 11 rings (SSSR count). The Balaban J connectivity index is 0.000000176. The third-order valence-electron chi connectivity index (χ3n) is 17.5. The molecule has 0 saturated heterocycles. The van der Waals surface area contributed by atoms with Crippen LogP contribution in [0.1, 0.15) is 159 Å². The number of ether oxygens (including phenoxy) is 5. The maximum absolute atomic E-state index is 13.1. The molecule has 3 unspecified atom stereocenters. The van der Waals surface area contributed by atoms with Crippen molar-refractivity contribution in [3.05, 3.63) is 216 Å². The molecule has 0 fully saturated rings. The molecule has 524 valence electrons. The highest BCUT2D eigenvalue weighted by Crippen LogP contribution is 2.46. The van der Waals surface area contributed by atoms with Gasteiger partial charge in [-0.2, -0.15) is 0 Å². The predicted molar refractivity (Wildman–Crippen MR) is 399 cm³/mol. The van der Waals surface area contributed by atoms with E-state index < -0.39 is 53.0 Å². The van der Waals surface area contributed by atoms with E-state index in [0.717, 1.165) is 111 Å². The van der Waals surface area contributed by atoms with Crippen LogP contribution in [0.2, 0.25) is 15.1 Å². The quantitative estimate of drug-likeness (QED) is 0.0863. The van der Waals surface area contributed by atoms with Crippen LogP contribution in [-0.2, 0) is 51.2 Å². The summed E-state index contributed by atoms with van der Waals surface area (Å²) in [4.78, 5) is 64.8. The minimum atomic E-state index is -1.18. The van der Waals surface area contributed by atoms with E-state index in [9.17, 15) is 19.5 Å². The monoisotopic (exact) mass is 1410 g/mol. The van der Waals surface area contributed by atoms with Crippen molar-refractivity contribution in [2.75, 3.05) is 14.2 Å². The fourth-order valence-electron chi connectivity index (χ4n) is 12.6. The van der Waals surface area contributed by atoms with E-state index in [0.29, 0.717) is 61.9 Å². The van der Waals surface area contributed by atoms with E-state index in [2.05, 4.69) is 51.8 Å². The van der Waals surface area contributed by atoms with Gasteiger partial charge in [0.05, 0.1) is 31.0 Å².